The molecule has 1 aromatic rings. The molecule has 3 nitrogen and oxygen atoms in total. The predicted octanol–water partition coefficient (Wildman–Crippen LogP) is 4.06. The first-order valence-electron chi connectivity index (χ1n) is 5.71. The SMILES string of the molecule is CCC(N)CSCC(=O)Nc1c(Cl)cc(Cl)cc1Cl. The van der Waals surface area contributed by atoms with Crippen molar-refractivity contribution in [3.05, 3.63) is 27.2 Å². The summed E-state index contributed by atoms with van der Waals surface area (Å²) in [5, 5.41) is 3.74. The first-order chi connectivity index (χ1) is 8.93. The Morgan fingerprint density at radius 3 is 2.47 bits per heavy atom. The molecule has 1 unspecified atom stereocenters. The molecule has 0 aromatic heterocycles. The molecule has 0 radical (unpaired) electrons. The molecule has 0 aliphatic rings. The lowest BCUT2D eigenvalue weighted by molar-refractivity contribution is -0.113. The van der Waals surface area contributed by atoms with Crippen molar-refractivity contribution >= 4 is 58.2 Å². The van der Waals surface area contributed by atoms with Crippen molar-refractivity contribution in [2.75, 3.05) is 16.8 Å². The quantitative estimate of drug-likeness (QED) is 0.820. The molecule has 1 atom stereocenters. The maximum absolute atomic E-state index is 11.7. The van der Waals surface area contributed by atoms with E-state index in [0.29, 0.717) is 26.5 Å². The lowest BCUT2D eigenvalue weighted by Crippen LogP contribution is -2.23. The third-order valence-corrected chi connectivity index (χ3v) is 4.31. The number of thioether (sulfide) groups is 1. The zero-order valence-corrected chi connectivity index (χ0v) is 13.5. The minimum absolute atomic E-state index is 0.112. The average molecular weight is 342 g/mol. The van der Waals surface area contributed by atoms with Gasteiger partial charge in [-0.25, -0.2) is 0 Å². The summed E-state index contributed by atoms with van der Waals surface area (Å²) in [6.07, 6.45) is 0.892. The molecule has 0 aliphatic heterocycles. The number of halogens is 3. The fourth-order valence-electron chi connectivity index (χ4n) is 1.26. The van der Waals surface area contributed by atoms with Gasteiger partial charge in [0.05, 0.1) is 21.5 Å². The van der Waals surface area contributed by atoms with Gasteiger partial charge in [0.2, 0.25) is 5.91 Å². The number of carbonyl (C=O) groups excluding carboxylic acids is 1. The third-order valence-electron chi connectivity index (χ3n) is 2.36. The van der Waals surface area contributed by atoms with Crippen molar-refractivity contribution in [2.45, 2.75) is 19.4 Å². The highest BCUT2D eigenvalue weighted by Gasteiger charge is 2.11. The van der Waals surface area contributed by atoms with Crippen LogP contribution in [0.1, 0.15) is 13.3 Å². The zero-order valence-electron chi connectivity index (χ0n) is 10.4. The van der Waals surface area contributed by atoms with Crippen LogP contribution in [0.3, 0.4) is 0 Å². The van der Waals surface area contributed by atoms with Gasteiger partial charge in [0.1, 0.15) is 0 Å². The summed E-state index contributed by atoms with van der Waals surface area (Å²) in [5.74, 6) is 0.883. The molecule has 0 fully saturated rings. The number of nitrogens with two attached hydrogens (primary N) is 1. The van der Waals surface area contributed by atoms with Gasteiger partial charge in [-0.2, -0.15) is 11.8 Å². The predicted molar refractivity (Wildman–Crippen MR) is 85.7 cm³/mol. The number of carbonyl (C=O) groups is 1. The van der Waals surface area contributed by atoms with E-state index < -0.39 is 0 Å². The van der Waals surface area contributed by atoms with Gasteiger partial charge >= 0.3 is 0 Å². The monoisotopic (exact) mass is 340 g/mol. The van der Waals surface area contributed by atoms with E-state index in [9.17, 15) is 4.79 Å². The first kappa shape index (κ1) is 16.9. The lowest BCUT2D eigenvalue weighted by Gasteiger charge is -2.11. The van der Waals surface area contributed by atoms with E-state index in [0.717, 1.165) is 12.2 Å². The molecular weight excluding hydrogens is 327 g/mol. The van der Waals surface area contributed by atoms with Gasteiger partial charge in [-0.3, -0.25) is 4.79 Å². The van der Waals surface area contributed by atoms with Crippen LogP contribution >= 0.6 is 46.6 Å². The summed E-state index contributed by atoms with van der Waals surface area (Å²) in [4.78, 5) is 11.7. The number of amides is 1. The van der Waals surface area contributed by atoms with Crippen LogP contribution < -0.4 is 11.1 Å². The van der Waals surface area contributed by atoms with Gasteiger partial charge < -0.3 is 11.1 Å². The summed E-state index contributed by atoms with van der Waals surface area (Å²) < 4.78 is 0. The van der Waals surface area contributed by atoms with Crippen molar-refractivity contribution in [1.29, 1.82) is 0 Å². The van der Waals surface area contributed by atoms with Gasteiger partial charge in [-0.1, -0.05) is 41.7 Å². The highest BCUT2D eigenvalue weighted by atomic mass is 35.5. The van der Waals surface area contributed by atoms with E-state index in [1.54, 1.807) is 0 Å². The molecule has 0 heterocycles. The largest absolute Gasteiger partial charge is 0.327 e. The Balaban J connectivity index is 2.53. The van der Waals surface area contributed by atoms with Crippen LogP contribution in [0.5, 0.6) is 0 Å². The Labute approximate surface area is 132 Å². The van der Waals surface area contributed by atoms with Gasteiger partial charge in [0.15, 0.2) is 0 Å². The highest BCUT2D eigenvalue weighted by Crippen LogP contribution is 2.33. The Kier molecular flexibility index (Phi) is 7.32. The van der Waals surface area contributed by atoms with Crippen molar-refractivity contribution in [1.82, 2.24) is 0 Å². The van der Waals surface area contributed by atoms with E-state index in [1.165, 1.54) is 23.9 Å². The molecule has 1 rings (SSSR count). The van der Waals surface area contributed by atoms with Crippen LogP contribution in [-0.2, 0) is 4.79 Å². The first-order valence-corrected chi connectivity index (χ1v) is 8.00. The average Bonchev–Trinajstić information content (AvgIpc) is 2.33. The van der Waals surface area contributed by atoms with Gasteiger partial charge in [-0.05, 0) is 18.6 Å². The van der Waals surface area contributed by atoms with E-state index in [-0.39, 0.29) is 11.9 Å². The Hall–Kier alpha value is -0.130. The molecular formula is C12H15Cl3N2OS. The standard InChI is InChI=1S/C12H15Cl3N2OS/c1-2-8(16)5-19-6-11(18)17-12-9(14)3-7(13)4-10(12)15/h3-4,8H,2,5-6,16H2,1H3,(H,17,18). The van der Waals surface area contributed by atoms with Gasteiger partial charge in [-0.15, -0.1) is 0 Å². The molecule has 0 aliphatic carbocycles. The van der Waals surface area contributed by atoms with Crippen LogP contribution in [0.15, 0.2) is 12.1 Å². The molecule has 7 heteroatoms. The summed E-state index contributed by atoms with van der Waals surface area (Å²) in [7, 11) is 0. The van der Waals surface area contributed by atoms with Crippen molar-refractivity contribution in [2.24, 2.45) is 5.73 Å². The summed E-state index contributed by atoms with van der Waals surface area (Å²) in [6, 6.07) is 3.18. The number of rotatable bonds is 6. The smallest absolute Gasteiger partial charge is 0.234 e. The Bertz CT molecular complexity index is 434. The maximum atomic E-state index is 11.7. The normalized spacial score (nSPS) is 12.3. The highest BCUT2D eigenvalue weighted by molar-refractivity contribution is 8.00. The molecule has 106 valence electrons. The second-order valence-corrected chi connectivity index (χ2v) is 6.26. The molecule has 0 saturated heterocycles. The zero-order chi connectivity index (χ0) is 14.4. The van der Waals surface area contributed by atoms with Crippen LogP contribution in [0.4, 0.5) is 5.69 Å². The maximum Gasteiger partial charge on any atom is 0.234 e. The Morgan fingerprint density at radius 2 is 1.95 bits per heavy atom. The number of hydrogen-bond donors (Lipinski definition) is 2. The minimum atomic E-state index is -0.167. The third kappa shape index (κ3) is 5.79. The molecule has 3 N–H and O–H groups in total. The van der Waals surface area contributed by atoms with Crippen molar-refractivity contribution in [3.63, 3.8) is 0 Å². The summed E-state index contributed by atoms with van der Waals surface area (Å²) in [5.41, 5.74) is 6.15. The van der Waals surface area contributed by atoms with E-state index in [4.69, 9.17) is 40.5 Å². The Morgan fingerprint density at radius 1 is 1.37 bits per heavy atom. The van der Waals surface area contributed by atoms with Crippen LogP contribution in [0, 0.1) is 0 Å². The van der Waals surface area contributed by atoms with E-state index >= 15 is 0 Å². The minimum Gasteiger partial charge on any atom is -0.327 e. The van der Waals surface area contributed by atoms with Gasteiger partial charge in [0, 0.05) is 16.8 Å². The van der Waals surface area contributed by atoms with E-state index in [2.05, 4.69) is 5.32 Å². The number of hydrogen-bond acceptors (Lipinski definition) is 3. The number of anilines is 1. The van der Waals surface area contributed by atoms with E-state index in [1.807, 2.05) is 6.92 Å². The van der Waals surface area contributed by atoms with Crippen molar-refractivity contribution in [3.8, 4) is 0 Å². The topological polar surface area (TPSA) is 55.1 Å². The molecule has 0 saturated carbocycles. The van der Waals surface area contributed by atoms with Crippen molar-refractivity contribution < 1.29 is 4.79 Å². The molecule has 1 amide bonds. The second kappa shape index (κ2) is 8.22. The fraction of sp³-hybridized carbons (Fsp3) is 0.417. The molecule has 0 spiro atoms. The molecule has 1 aromatic carbocycles. The summed E-state index contributed by atoms with van der Waals surface area (Å²) in [6.45, 7) is 2.01. The van der Waals surface area contributed by atoms with Crippen LogP contribution in [0.2, 0.25) is 15.1 Å². The second-order valence-electron chi connectivity index (χ2n) is 3.98. The van der Waals surface area contributed by atoms with Crippen LogP contribution in [-0.4, -0.2) is 23.5 Å². The molecule has 19 heavy (non-hydrogen) atoms. The summed E-state index contributed by atoms with van der Waals surface area (Å²) >= 11 is 19.2. The van der Waals surface area contributed by atoms with Crippen LogP contribution in [0.25, 0.3) is 0 Å². The molecule has 0 bridgehead atoms. The fourth-order valence-corrected chi connectivity index (χ4v) is 3.08. The lowest BCUT2D eigenvalue weighted by atomic mass is 10.3. The van der Waals surface area contributed by atoms with Gasteiger partial charge in [0.25, 0.3) is 0 Å². The number of nitrogens with one attached hydrogen (secondary N) is 1. The number of benzene rings is 1.